The molecule has 182 valence electrons. The van der Waals surface area contributed by atoms with Gasteiger partial charge in [0.15, 0.2) is 0 Å². The van der Waals surface area contributed by atoms with Crippen LogP contribution in [-0.4, -0.2) is 14.5 Å². The highest BCUT2D eigenvalue weighted by Crippen LogP contribution is 2.43. The van der Waals surface area contributed by atoms with Crippen LogP contribution in [0.15, 0.2) is 134 Å². The average molecular weight is 491 g/mol. The second-order valence-electron chi connectivity index (χ2n) is 9.53. The van der Waals surface area contributed by atoms with Gasteiger partial charge in [0.25, 0.3) is 0 Å². The molecule has 0 radical (unpaired) electrons. The molecule has 0 aliphatic carbocycles. The number of aromatic nitrogens is 3. The zero-order valence-electron chi connectivity index (χ0n) is 20.9. The molecule has 0 saturated carbocycles. The van der Waals surface area contributed by atoms with Gasteiger partial charge in [-0.1, -0.05) is 66.7 Å². The lowest BCUT2D eigenvalue weighted by atomic mass is 10.0. The number of hydrogen-bond acceptors (Lipinski definition) is 3. The molecule has 2 aromatic heterocycles. The third-order valence-electron chi connectivity index (χ3n) is 7.22. The fraction of sp³-hybridized carbons (Fsp3) is 0.0588. The quantitative estimate of drug-likeness (QED) is 0.250. The third-order valence-corrected chi connectivity index (χ3v) is 7.22. The molecule has 0 spiro atoms. The minimum atomic E-state index is 0.929. The molecule has 0 bridgehead atoms. The summed E-state index contributed by atoms with van der Waals surface area (Å²) in [6, 6.07) is 40.6. The molecule has 0 amide bonds. The minimum absolute atomic E-state index is 0.929. The molecule has 3 heterocycles. The summed E-state index contributed by atoms with van der Waals surface area (Å²) in [5.74, 6) is 0.929. The highest BCUT2D eigenvalue weighted by atomic mass is 15.2. The van der Waals surface area contributed by atoms with E-state index in [9.17, 15) is 0 Å². The Bertz CT molecular complexity index is 1720. The van der Waals surface area contributed by atoms with E-state index in [2.05, 4.69) is 112 Å². The van der Waals surface area contributed by atoms with Gasteiger partial charge in [0, 0.05) is 46.8 Å². The topological polar surface area (TPSA) is 34.0 Å². The van der Waals surface area contributed by atoms with Gasteiger partial charge in [0.1, 0.15) is 5.82 Å². The summed E-state index contributed by atoms with van der Waals surface area (Å²) in [7, 11) is 0. The number of imidazole rings is 1. The van der Waals surface area contributed by atoms with Gasteiger partial charge in [0.05, 0.1) is 11.4 Å². The molecule has 0 unspecified atom stereocenters. The van der Waals surface area contributed by atoms with Gasteiger partial charge in [-0.25, -0.2) is 4.98 Å². The maximum absolute atomic E-state index is 4.77. The summed E-state index contributed by atoms with van der Waals surface area (Å²) in [6.07, 6.45) is 7.73. The smallest absolute Gasteiger partial charge is 0.144 e. The van der Waals surface area contributed by atoms with Gasteiger partial charge in [-0.2, -0.15) is 0 Å². The summed E-state index contributed by atoms with van der Waals surface area (Å²) in [5.41, 5.74) is 10.4. The normalized spacial score (nSPS) is 12.5. The van der Waals surface area contributed by atoms with Crippen LogP contribution >= 0.6 is 0 Å². The Balaban J connectivity index is 1.41. The fourth-order valence-corrected chi connectivity index (χ4v) is 5.39. The lowest BCUT2D eigenvalue weighted by Gasteiger charge is -2.28. The molecule has 4 aromatic carbocycles. The van der Waals surface area contributed by atoms with Crippen LogP contribution in [0.2, 0.25) is 0 Å². The third kappa shape index (κ3) is 3.97. The van der Waals surface area contributed by atoms with Crippen molar-refractivity contribution in [3.63, 3.8) is 0 Å². The van der Waals surface area contributed by atoms with E-state index in [0.29, 0.717) is 0 Å². The van der Waals surface area contributed by atoms with Crippen LogP contribution in [0.3, 0.4) is 0 Å². The van der Waals surface area contributed by atoms with Gasteiger partial charge < -0.3 is 4.90 Å². The van der Waals surface area contributed by atoms with E-state index in [-0.39, 0.29) is 0 Å². The van der Waals surface area contributed by atoms with E-state index in [1.54, 1.807) is 0 Å². The first-order chi connectivity index (χ1) is 18.8. The summed E-state index contributed by atoms with van der Waals surface area (Å²) >= 11 is 0. The molecule has 38 heavy (non-hydrogen) atoms. The molecule has 0 atom stereocenters. The number of benzene rings is 4. The molecule has 4 heteroatoms. The maximum atomic E-state index is 4.77. The first kappa shape index (κ1) is 22.3. The number of para-hydroxylation sites is 2. The molecule has 7 rings (SSSR count). The Kier molecular flexibility index (Phi) is 5.56. The predicted molar refractivity (Wildman–Crippen MR) is 154 cm³/mol. The molecule has 4 nitrogen and oxygen atoms in total. The van der Waals surface area contributed by atoms with Gasteiger partial charge in [-0.3, -0.25) is 9.55 Å². The van der Waals surface area contributed by atoms with Crippen LogP contribution in [0, 0.1) is 0 Å². The Morgan fingerprint density at radius 3 is 2.18 bits per heavy atom. The molecular formula is C34H26N4. The van der Waals surface area contributed by atoms with Gasteiger partial charge in [-0.05, 0) is 72.5 Å². The van der Waals surface area contributed by atoms with E-state index in [0.717, 1.165) is 46.9 Å². The van der Waals surface area contributed by atoms with Crippen molar-refractivity contribution in [2.24, 2.45) is 0 Å². The number of rotatable bonds is 4. The van der Waals surface area contributed by atoms with Gasteiger partial charge in [0.2, 0.25) is 0 Å². The van der Waals surface area contributed by atoms with Crippen molar-refractivity contribution < 1.29 is 0 Å². The fourth-order valence-electron chi connectivity index (χ4n) is 5.39. The van der Waals surface area contributed by atoms with E-state index in [4.69, 9.17) is 4.98 Å². The summed E-state index contributed by atoms with van der Waals surface area (Å²) in [6.45, 7) is 0. The SMILES string of the molecule is c1ccc(-n2ccnc2-c2ccc3c(c2)N(c2cccc(-c4ccccn4)c2)c2ccccc2CC3)cc1. The molecule has 0 saturated heterocycles. The van der Waals surface area contributed by atoms with E-state index < -0.39 is 0 Å². The molecule has 1 aliphatic heterocycles. The summed E-state index contributed by atoms with van der Waals surface area (Å²) in [4.78, 5) is 11.8. The van der Waals surface area contributed by atoms with Crippen molar-refractivity contribution in [1.82, 2.24) is 14.5 Å². The summed E-state index contributed by atoms with van der Waals surface area (Å²) < 4.78 is 2.15. The first-order valence-electron chi connectivity index (χ1n) is 13.0. The molecule has 1 aliphatic rings. The first-order valence-corrected chi connectivity index (χ1v) is 13.0. The van der Waals surface area contributed by atoms with Crippen LogP contribution in [0.1, 0.15) is 11.1 Å². The lowest BCUT2D eigenvalue weighted by Crippen LogP contribution is -2.12. The number of nitrogens with zero attached hydrogens (tertiary/aromatic N) is 4. The molecule has 6 aromatic rings. The maximum Gasteiger partial charge on any atom is 0.144 e. The second kappa shape index (κ2) is 9.49. The standard InChI is InChI=1S/C34H26N4/c1-2-11-29(12-3-1)37-22-21-36-34(37)28-19-18-26-17-16-25-9-4-5-15-32(25)38(33(26)24-28)30-13-8-10-27(23-30)31-14-6-7-20-35-31/h1-15,18-24H,16-17H2. The predicted octanol–water partition coefficient (Wildman–Crippen LogP) is 8.17. The van der Waals surface area contributed by atoms with E-state index in [1.165, 1.54) is 22.5 Å². The van der Waals surface area contributed by atoms with Gasteiger partial charge >= 0.3 is 0 Å². The Labute approximate surface area is 222 Å². The molecule has 0 fully saturated rings. The number of fused-ring (bicyclic) bond motifs is 2. The minimum Gasteiger partial charge on any atom is -0.310 e. The zero-order chi connectivity index (χ0) is 25.3. The van der Waals surface area contributed by atoms with Crippen molar-refractivity contribution in [2.45, 2.75) is 12.8 Å². The Morgan fingerprint density at radius 1 is 0.526 bits per heavy atom. The lowest BCUT2D eigenvalue weighted by molar-refractivity contribution is 0.977. The van der Waals surface area contributed by atoms with Crippen LogP contribution < -0.4 is 4.90 Å². The number of pyridine rings is 1. The van der Waals surface area contributed by atoms with E-state index in [1.807, 2.05) is 36.8 Å². The summed E-state index contributed by atoms with van der Waals surface area (Å²) in [5, 5.41) is 0. The van der Waals surface area contributed by atoms with Crippen molar-refractivity contribution in [2.75, 3.05) is 4.90 Å². The largest absolute Gasteiger partial charge is 0.310 e. The highest BCUT2D eigenvalue weighted by molar-refractivity contribution is 5.85. The van der Waals surface area contributed by atoms with Crippen molar-refractivity contribution in [3.05, 3.63) is 145 Å². The number of anilines is 3. The van der Waals surface area contributed by atoms with Crippen LogP contribution in [0.4, 0.5) is 17.1 Å². The van der Waals surface area contributed by atoms with Crippen LogP contribution in [0.25, 0.3) is 28.3 Å². The highest BCUT2D eigenvalue weighted by Gasteiger charge is 2.23. The number of aryl methyl sites for hydroxylation is 2. The zero-order valence-corrected chi connectivity index (χ0v) is 20.9. The van der Waals surface area contributed by atoms with Crippen LogP contribution in [-0.2, 0) is 12.8 Å². The monoisotopic (exact) mass is 490 g/mol. The van der Waals surface area contributed by atoms with Crippen molar-refractivity contribution in [3.8, 4) is 28.3 Å². The Hall–Kier alpha value is -4.96. The van der Waals surface area contributed by atoms with Gasteiger partial charge in [-0.15, -0.1) is 0 Å². The molecular weight excluding hydrogens is 464 g/mol. The van der Waals surface area contributed by atoms with Crippen molar-refractivity contribution >= 4 is 17.1 Å². The van der Waals surface area contributed by atoms with Crippen molar-refractivity contribution in [1.29, 1.82) is 0 Å². The number of hydrogen-bond donors (Lipinski definition) is 0. The second-order valence-corrected chi connectivity index (χ2v) is 9.53. The average Bonchev–Trinajstić information content (AvgIpc) is 3.42. The van der Waals surface area contributed by atoms with E-state index >= 15 is 0 Å². The molecule has 0 N–H and O–H groups in total. The Morgan fingerprint density at radius 2 is 1.32 bits per heavy atom. The van der Waals surface area contributed by atoms with Crippen LogP contribution in [0.5, 0.6) is 0 Å².